The molecule has 1 heterocycles. The van der Waals surface area contributed by atoms with E-state index in [4.69, 9.17) is 5.26 Å². The molecule has 0 saturated carbocycles. The van der Waals surface area contributed by atoms with E-state index in [0.717, 1.165) is 5.56 Å². The van der Waals surface area contributed by atoms with Crippen LogP contribution in [0.25, 0.3) is 6.08 Å². The number of carbonyl (C=O) groups excluding carboxylic acids is 1. The van der Waals surface area contributed by atoms with Crippen molar-refractivity contribution >= 4 is 28.3 Å². The van der Waals surface area contributed by atoms with Crippen LogP contribution in [0, 0.1) is 17.1 Å². The number of nitrogens with zero attached hydrogens (tertiary/aromatic N) is 1. The summed E-state index contributed by atoms with van der Waals surface area (Å²) in [4.78, 5) is 11.6. The fraction of sp³-hybridized carbons (Fsp3) is 0. The molecule has 1 amide bonds. The van der Waals surface area contributed by atoms with Gasteiger partial charge in [-0.15, -0.1) is 11.3 Å². The maximum absolute atomic E-state index is 12.7. The minimum Gasteiger partial charge on any atom is -0.313 e. The number of nitrogens with one attached hydrogen (secondary N) is 1. The van der Waals surface area contributed by atoms with Crippen LogP contribution in [0.15, 0.2) is 41.8 Å². The molecule has 5 heteroatoms. The van der Waals surface area contributed by atoms with Gasteiger partial charge in [-0.3, -0.25) is 4.79 Å². The van der Waals surface area contributed by atoms with Gasteiger partial charge in [0.25, 0.3) is 0 Å². The Labute approximate surface area is 113 Å². The zero-order chi connectivity index (χ0) is 13.7. The van der Waals surface area contributed by atoms with E-state index in [-0.39, 0.29) is 11.7 Å². The molecule has 2 rings (SSSR count). The van der Waals surface area contributed by atoms with Crippen molar-refractivity contribution in [3.63, 3.8) is 0 Å². The largest absolute Gasteiger partial charge is 0.313 e. The Balaban J connectivity index is 2.02. The van der Waals surface area contributed by atoms with Crippen molar-refractivity contribution in [2.24, 2.45) is 0 Å². The predicted octanol–water partition coefficient (Wildman–Crippen LogP) is 3.41. The minimum absolute atomic E-state index is 0.321. The third-order valence-corrected chi connectivity index (χ3v) is 3.15. The van der Waals surface area contributed by atoms with Gasteiger partial charge >= 0.3 is 0 Å². The quantitative estimate of drug-likeness (QED) is 0.870. The number of carbonyl (C=O) groups is 1. The Hall–Kier alpha value is -2.45. The van der Waals surface area contributed by atoms with E-state index in [1.54, 1.807) is 29.7 Å². The summed E-state index contributed by atoms with van der Waals surface area (Å²) >= 11 is 1.29. The zero-order valence-electron chi connectivity index (χ0n) is 9.76. The molecule has 0 fully saturated rings. The number of nitriles is 1. The Bertz CT molecular complexity index is 653. The highest BCUT2D eigenvalue weighted by Gasteiger charge is 2.05. The van der Waals surface area contributed by atoms with Gasteiger partial charge in [-0.1, -0.05) is 12.1 Å². The third kappa shape index (κ3) is 3.50. The van der Waals surface area contributed by atoms with Gasteiger partial charge in [-0.25, -0.2) is 4.39 Å². The first-order chi connectivity index (χ1) is 9.19. The predicted molar refractivity (Wildman–Crippen MR) is 73.1 cm³/mol. The molecule has 19 heavy (non-hydrogen) atoms. The van der Waals surface area contributed by atoms with Crippen LogP contribution in [0.4, 0.5) is 9.39 Å². The third-order valence-electron chi connectivity index (χ3n) is 2.32. The second kappa shape index (κ2) is 5.94. The summed E-state index contributed by atoms with van der Waals surface area (Å²) in [5.74, 6) is -0.651. The molecule has 0 aliphatic carbocycles. The Kier molecular flexibility index (Phi) is 4.06. The number of anilines is 1. The lowest BCUT2D eigenvalue weighted by molar-refractivity contribution is -0.111. The monoisotopic (exact) mass is 272 g/mol. The molecule has 0 unspecified atom stereocenters. The normalized spacial score (nSPS) is 10.3. The standard InChI is InChI=1S/C14H9FN2OS/c15-12-4-1-10(2-5-12)3-6-13(18)17-14-11(9-16)7-8-19-14/h1-8H,(H,17,18)/b6-3+. The molecule has 0 bridgehead atoms. The molecule has 1 aromatic heterocycles. The van der Waals surface area contributed by atoms with E-state index >= 15 is 0 Å². The van der Waals surface area contributed by atoms with Gasteiger partial charge in [0.05, 0.1) is 5.56 Å². The molecule has 0 atom stereocenters. The van der Waals surface area contributed by atoms with Gasteiger partial charge in [-0.05, 0) is 35.2 Å². The highest BCUT2D eigenvalue weighted by atomic mass is 32.1. The van der Waals surface area contributed by atoms with Crippen molar-refractivity contribution in [2.75, 3.05) is 5.32 Å². The molecule has 0 saturated heterocycles. The highest BCUT2D eigenvalue weighted by Crippen LogP contribution is 2.22. The number of thiophene rings is 1. The van der Waals surface area contributed by atoms with Gasteiger partial charge in [0.15, 0.2) is 0 Å². The summed E-state index contributed by atoms with van der Waals surface area (Å²) in [7, 11) is 0. The summed E-state index contributed by atoms with van der Waals surface area (Å²) in [6, 6.07) is 9.43. The van der Waals surface area contributed by atoms with Crippen molar-refractivity contribution in [1.29, 1.82) is 5.26 Å². The van der Waals surface area contributed by atoms with Crippen LogP contribution in [0.5, 0.6) is 0 Å². The molecule has 0 spiro atoms. The van der Waals surface area contributed by atoms with Crippen molar-refractivity contribution in [2.45, 2.75) is 0 Å². The van der Waals surface area contributed by atoms with Gasteiger partial charge in [0, 0.05) is 6.08 Å². The molecule has 0 aliphatic heterocycles. The van der Waals surface area contributed by atoms with Gasteiger partial charge < -0.3 is 5.32 Å². The second-order valence-electron chi connectivity index (χ2n) is 3.65. The SMILES string of the molecule is N#Cc1ccsc1NC(=O)/C=C/c1ccc(F)cc1. The van der Waals surface area contributed by atoms with Crippen LogP contribution >= 0.6 is 11.3 Å². The van der Waals surface area contributed by atoms with Crippen LogP contribution in [0.1, 0.15) is 11.1 Å². The van der Waals surface area contributed by atoms with Gasteiger partial charge in [0.1, 0.15) is 16.9 Å². The van der Waals surface area contributed by atoms with Gasteiger partial charge in [-0.2, -0.15) is 5.26 Å². The molecule has 3 nitrogen and oxygen atoms in total. The number of hydrogen-bond donors (Lipinski definition) is 1. The van der Waals surface area contributed by atoms with E-state index in [9.17, 15) is 9.18 Å². The summed E-state index contributed by atoms with van der Waals surface area (Å²) < 4.78 is 12.7. The zero-order valence-corrected chi connectivity index (χ0v) is 10.6. The van der Waals surface area contributed by atoms with E-state index in [2.05, 4.69) is 5.32 Å². The van der Waals surface area contributed by atoms with Crippen molar-refractivity contribution < 1.29 is 9.18 Å². The molecular weight excluding hydrogens is 263 g/mol. The molecule has 0 radical (unpaired) electrons. The van der Waals surface area contributed by atoms with Crippen LogP contribution in [0.3, 0.4) is 0 Å². The fourth-order valence-corrected chi connectivity index (χ4v) is 2.13. The molecule has 94 valence electrons. The fourth-order valence-electron chi connectivity index (χ4n) is 1.39. The van der Waals surface area contributed by atoms with E-state index < -0.39 is 0 Å². The van der Waals surface area contributed by atoms with Crippen LogP contribution in [0.2, 0.25) is 0 Å². The molecule has 0 aliphatic rings. The molecule has 2 aromatic rings. The van der Waals surface area contributed by atoms with E-state index in [1.807, 2.05) is 6.07 Å². The van der Waals surface area contributed by atoms with Crippen LogP contribution in [-0.2, 0) is 4.79 Å². The lowest BCUT2D eigenvalue weighted by Gasteiger charge is -1.98. The maximum Gasteiger partial charge on any atom is 0.249 e. The summed E-state index contributed by atoms with van der Waals surface area (Å²) in [5.41, 5.74) is 1.16. The van der Waals surface area contributed by atoms with Crippen molar-refractivity contribution in [3.8, 4) is 6.07 Å². The van der Waals surface area contributed by atoms with Gasteiger partial charge in [0.2, 0.25) is 5.91 Å². The van der Waals surface area contributed by atoms with E-state index in [0.29, 0.717) is 10.6 Å². The Morgan fingerprint density at radius 1 is 1.32 bits per heavy atom. The van der Waals surface area contributed by atoms with Crippen LogP contribution < -0.4 is 5.32 Å². The summed E-state index contributed by atoms with van der Waals surface area (Å²) in [6.07, 6.45) is 2.92. The first-order valence-corrected chi connectivity index (χ1v) is 6.29. The lowest BCUT2D eigenvalue weighted by atomic mass is 10.2. The highest BCUT2D eigenvalue weighted by molar-refractivity contribution is 7.14. The summed E-state index contributed by atoms with van der Waals surface area (Å²) in [6.45, 7) is 0. The van der Waals surface area contributed by atoms with Crippen molar-refractivity contribution in [3.05, 3.63) is 58.7 Å². The lowest BCUT2D eigenvalue weighted by Crippen LogP contribution is -2.07. The first kappa shape index (κ1) is 13.0. The molecular formula is C14H9FN2OS. The second-order valence-corrected chi connectivity index (χ2v) is 4.57. The average Bonchev–Trinajstić information content (AvgIpc) is 2.85. The number of rotatable bonds is 3. The minimum atomic E-state index is -0.330. The average molecular weight is 272 g/mol. The Morgan fingerprint density at radius 2 is 2.05 bits per heavy atom. The number of benzene rings is 1. The first-order valence-electron chi connectivity index (χ1n) is 5.41. The van der Waals surface area contributed by atoms with Crippen LogP contribution in [-0.4, -0.2) is 5.91 Å². The van der Waals surface area contributed by atoms with Crippen molar-refractivity contribution in [1.82, 2.24) is 0 Å². The summed E-state index contributed by atoms with van der Waals surface area (Å²) in [5, 5.41) is 13.7. The topological polar surface area (TPSA) is 52.9 Å². The van der Waals surface area contributed by atoms with E-state index in [1.165, 1.54) is 29.5 Å². The molecule has 1 N–H and O–H groups in total. The number of halogens is 1. The maximum atomic E-state index is 12.7. The number of hydrogen-bond acceptors (Lipinski definition) is 3. The molecule has 1 aromatic carbocycles. The Morgan fingerprint density at radius 3 is 2.74 bits per heavy atom. The number of amides is 1. The smallest absolute Gasteiger partial charge is 0.249 e.